The van der Waals surface area contributed by atoms with Crippen LogP contribution in [0.5, 0.6) is 0 Å². The predicted octanol–water partition coefficient (Wildman–Crippen LogP) is 1.87. The highest BCUT2D eigenvalue weighted by Crippen LogP contribution is 2.04. The van der Waals surface area contributed by atoms with Crippen LogP contribution in [-0.4, -0.2) is 21.5 Å². The van der Waals surface area contributed by atoms with E-state index in [1.54, 1.807) is 6.20 Å². The van der Waals surface area contributed by atoms with Gasteiger partial charge in [-0.2, -0.15) is 0 Å². The van der Waals surface area contributed by atoms with E-state index in [1.165, 1.54) is 5.56 Å². The fourth-order valence-electron chi connectivity index (χ4n) is 2.34. The van der Waals surface area contributed by atoms with Crippen molar-refractivity contribution in [2.75, 3.05) is 0 Å². The largest absolute Gasteiger partial charge is 0.348 e. The van der Waals surface area contributed by atoms with Crippen LogP contribution in [0.3, 0.4) is 0 Å². The number of benzene rings is 1. The number of carbonyl (C=O) groups excluding carboxylic acids is 1. The van der Waals surface area contributed by atoms with Crippen molar-refractivity contribution in [3.05, 3.63) is 54.1 Å². The van der Waals surface area contributed by atoms with Gasteiger partial charge in [0, 0.05) is 18.9 Å². The lowest BCUT2D eigenvalue weighted by atomic mass is 10.1. The number of hydrogen-bond donors (Lipinski definition) is 2. The third-order valence-electron chi connectivity index (χ3n) is 3.64. The molecule has 1 heterocycles. The number of nitrogens with zero attached hydrogens (tertiary/aromatic N) is 2. The number of carbonyl (C=O) groups is 1. The van der Waals surface area contributed by atoms with Gasteiger partial charge in [0.25, 0.3) is 0 Å². The summed E-state index contributed by atoms with van der Waals surface area (Å²) in [6.07, 6.45) is 6.25. The zero-order valence-electron chi connectivity index (χ0n) is 13.0. The topological polar surface area (TPSA) is 72.9 Å². The van der Waals surface area contributed by atoms with Crippen LogP contribution in [0.15, 0.2) is 42.7 Å². The van der Waals surface area contributed by atoms with Crippen molar-refractivity contribution < 1.29 is 4.79 Å². The van der Waals surface area contributed by atoms with Crippen molar-refractivity contribution in [1.82, 2.24) is 14.9 Å². The van der Waals surface area contributed by atoms with Gasteiger partial charge in [-0.05, 0) is 18.4 Å². The molecule has 0 aliphatic heterocycles. The molecule has 0 saturated heterocycles. The Hall–Kier alpha value is -2.14. The van der Waals surface area contributed by atoms with Gasteiger partial charge in [0.05, 0.1) is 12.6 Å². The molecule has 0 fully saturated rings. The molecule has 3 N–H and O–H groups in total. The summed E-state index contributed by atoms with van der Waals surface area (Å²) < 4.78 is 2.07. The maximum absolute atomic E-state index is 11.8. The van der Waals surface area contributed by atoms with Gasteiger partial charge in [-0.15, -0.1) is 0 Å². The number of hydrogen-bond acceptors (Lipinski definition) is 3. The minimum absolute atomic E-state index is 0.112. The van der Waals surface area contributed by atoms with Crippen LogP contribution in [0.2, 0.25) is 0 Å². The molecule has 0 bridgehead atoms. The number of rotatable bonds is 8. The van der Waals surface area contributed by atoms with E-state index in [9.17, 15) is 4.79 Å². The summed E-state index contributed by atoms with van der Waals surface area (Å²) in [4.78, 5) is 16.2. The number of nitrogens with one attached hydrogen (secondary N) is 1. The molecule has 5 nitrogen and oxygen atoms in total. The van der Waals surface area contributed by atoms with Crippen LogP contribution in [-0.2, 0) is 24.3 Å². The van der Waals surface area contributed by atoms with Gasteiger partial charge in [-0.1, -0.05) is 43.7 Å². The molecule has 1 aromatic carbocycles. The molecule has 0 spiro atoms. The highest BCUT2D eigenvalue weighted by Gasteiger charge is 2.12. The molecule has 0 aliphatic rings. The van der Waals surface area contributed by atoms with Gasteiger partial charge >= 0.3 is 0 Å². The Labute approximate surface area is 131 Å². The van der Waals surface area contributed by atoms with E-state index >= 15 is 0 Å². The first kappa shape index (κ1) is 16.2. The fourth-order valence-corrected chi connectivity index (χ4v) is 2.34. The quantitative estimate of drug-likeness (QED) is 0.781. The average molecular weight is 300 g/mol. The molecule has 5 heteroatoms. The molecular weight excluding hydrogens is 276 g/mol. The predicted molar refractivity (Wildman–Crippen MR) is 87.1 cm³/mol. The number of aromatic nitrogens is 2. The van der Waals surface area contributed by atoms with E-state index in [2.05, 4.69) is 27.0 Å². The lowest BCUT2D eigenvalue weighted by molar-refractivity contribution is -0.122. The summed E-state index contributed by atoms with van der Waals surface area (Å²) in [6.45, 7) is 3.28. The molecule has 0 aliphatic carbocycles. The van der Waals surface area contributed by atoms with Crippen LogP contribution in [0.4, 0.5) is 0 Å². The lowest BCUT2D eigenvalue weighted by Gasteiger charge is -2.12. The van der Waals surface area contributed by atoms with E-state index < -0.39 is 6.04 Å². The second-order valence-corrected chi connectivity index (χ2v) is 5.39. The Morgan fingerprint density at radius 1 is 1.36 bits per heavy atom. The number of nitrogens with two attached hydrogens (primary N) is 1. The van der Waals surface area contributed by atoms with Gasteiger partial charge in [0.15, 0.2) is 0 Å². The first-order valence-corrected chi connectivity index (χ1v) is 7.78. The zero-order chi connectivity index (χ0) is 15.8. The average Bonchev–Trinajstić information content (AvgIpc) is 2.99. The summed E-state index contributed by atoms with van der Waals surface area (Å²) in [7, 11) is 0. The molecule has 1 amide bonds. The van der Waals surface area contributed by atoms with E-state index in [1.807, 2.05) is 31.3 Å². The third-order valence-corrected chi connectivity index (χ3v) is 3.64. The van der Waals surface area contributed by atoms with E-state index in [0.29, 0.717) is 13.0 Å². The molecule has 2 aromatic rings. The van der Waals surface area contributed by atoms with Crippen molar-refractivity contribution in [2.45, 2.75) is 45.3 Å². The van der Waals surface area contributed by atoms with Gasteiger partial charge in [0.1, 0.15) is 5.82 Å². The van der Waals surface area contributed by atoms with Gasteiger partial charge in [-0.3, -0.25) is 4.79 Å². The van der Waals surface area contributed by atoms with Crippen molar-refractivity contribution in [1.29, 1.82) is 0 Å². The molecule has 1 atom stereocenters. The van der Waals surface area contributed by atoms with E-state index in [4.69, 9.17) is 5.73 Å². The van der Waals surface area contributed by atoms with E-state index in [0.717, 1.165) is 25.2 Å². The van der Waals surface area contributed by atoms with Crippen molar-refractivity contribution in [3.63, 3.8) is 0 Å². The van der Waals surface area contributed by atoms with Gasteiger partial charge < -0.3 is 15.6 Å². The fraction of sp³-hybridized carbons (Fsp3) is 0.412. The second-order valence-electron chi connectivity index (χ2n) is 5.39. The molecule has 0 radical (unpaired) electrons. The Morgan fingerprint density at radius 3 is 2.86 bits per heavy atom. The van der Waals surface area contributed by atoms with Gasteiger partial charge in [0.2, 0.25) is 5.91 Å². The standard InChI is InChI=1S/C17H24N4O/c1-2-6-15(18)17(22)20-13-16-19-10-12-21(16)11-9-14-7-4-3-5-8-14/h3-5,7-8,10,12,15H,2,6,9,11,13,18H2,1H3,(H,20,22). The first-order chi connectivity index (χ1) is 10.7. The van der Waals surface area contributed by atoms with Crippen LogP contribution in [0.25, 0.3) is 0 Å². The molecule has 0 saturated carbocycles. The summed E-state index contributed by atoms with van der Waals surface area (Å²) >= 11 is 0. The summed E-state index contributed by atoms with van der Waals surface area (Å²) in [5, 5.41) is 2.86. The summed E-state index contributed by atoms with van der Waals surface area (Å²) in [5.41, 5.74) is 7.09. The highest BCUT2D eigenvalue weighted by atomic mass is 16.2. The molecule has 2 rings (SSSR count). The first-order valence-electron chi connectivity index (χ1n) is 7.78. The van der Waals surface area contributed by atoms with Crippen LogP contribution < -0.4 is 11.1 Å². The highest BCUT2D eigenvalue weighted by molar-refractivity contribution is 5.81. The SMILES string of the molecule is CCCC(N)C(=O)NCc1nccn1CCc1ccccc1. The van der Waals surface area contributed by atoms with E-state index in [-0.39, 0.29) is 5.91 Å². The maximum Gasteiger partial charge on any atom is 0.237 e. The van der Waals surface area contributed by atoms with Crippen molar-refractivity contribution >= 4 is 5.91 Å². The summed E-state index contributed by atoms with van der Waals surface area (Å²) in [6, 6.07) is 9.89. The lowest BCUT2D eigenvalue weighted by Crippen LogP contribution is -2.40. The molecule has 1 aromatic heterocycles. The maximum atomic E-state index is 11.8. The molecule has 22 heavy (non-hydrogen) atoms. The molecule has 118 valence electrons. The second kappa shape index (κ2) is 8.34. The van der Waals surface area contributed by atoms with Gasteiger partial charge in [-0.25, -0.2) is 4.98 Å². The normalized spacial score (nSPS) is 12.1. The van der Waals surface area contributed by atoms with Crippen LogP contribution >= 0.6 is 0 Å². The van der Waals surface area contributed by atoms with Crippen LogP contribution in [0, 0.1) is 0 Å². The monoisotopic (exact) mass is 300 g/mol. The Balaban J connectivity index is 1.86. The molecular formula is C17H24N4O. The third kappa shape index (κ3) is 4.70. The Bertz CT molecular complexity index is 579. The number of amides is 1. The molecule has 1 unspecified atom stereocenters. The number of aryl methyl sites for hydroxylation is 2. The summed E-state index contributed by atoms with van der Waals surface area (Å²) in [5.74, 6) is 0.743. The van der Waals surface area contributed by atoms with Crippen molar-refractivity contribution in [2.24, 2.45) is 5.73 Å². The minimum atomic E-state index is -0.433. The van der Waals surface area contributed by atoms with Crippen molar-refractivity contribution in [3.8, 4) is 0 Å². The zero-order valence-corrected chi connectivity index (χ0v) is 13.0. The Kier molecular flexibility index (Phi) is 6.15. The van der Waals surface area contributed by atoms with Crippen LogP contribution in [0.1, 0.15) is 31.2 Å². The number of imidazole rings is 1. The Morgan fingerprint density at radius 2 is 2.14 bits per heavy atom. The minimum Gasteiger partial charge on any atom is -0.348 e. The smallest absolute Gasteiger partial charge is 0.237 e.